The van der Waals surface area contributed by atoms with Crippen LogP contribution in [0.3, 0.4) is 0 Å². The van der Waals surface area contributed by atoms with Crippen molar-refractivity contribution in [1.29, 1.82) is 0 Å². The fraction of sp³-hybridized carbons (Fsp3) is 1.00. The van der Waals surface area contributed by atoms with Crippen molar-refractivity contribution in [3.05, 3.63) is 0 Å². The van der Waals surface area contributed by atoms with E-state index in [9.17, 15) is 8.42 Å². The lowest BCUT2D eigenvalue weighted by atomic mass is 10.0. The van der Waals surface area contributed by atoms with Crippen LogP contribution in [0, 0.1) is 5.92 Å². The van der Waals surface area contributed by atoms with E-state index in [1.165, 1.54) is 4.31 Å². The van der Waals surface area contributed by atoms with Crippen LogP contribution in [0.2, 0.25) is 0 Å². The third-order valence-corrected chi connectivity index (χ3v) is 5.12. The van der Waals surface area contributed by atoms with Gasteiger partial charge in [0.15, 0.2) is 0 Å². The van der Waals surface area contributed by atoms with E-state index in [4.69, 9.17) is 16.3 Å². The maximum atomic E-state index is 12.2. The van der Waals surface area contributed by atoms with Crippen molar-refractivity contribution in [2.24, 2.45) is 5.92 Å². The van der Waals surface area contributed by atoms with Gasteiger partial charge in [-0.3, -0.25) is 0 Å². The number of nitrogens with one attached hydrogen (secondary N) is 1. The Kier molecular flexibility index (Phi) is 6.87. The Hall–Kier alpha value is 0.120. The molecule has 1 unspecified atom stereocenters. The molecule has 1 rings (SSSR count). The largest absolute Gasteiger partial charge is 0.383 e. The highest BCUT2D eigenvalue weighted by Gasteiger charge is 2.28. The molecule has 0 aromatic carbocycles. The van der Waals surface area contributed by atoms with Gasteiger partial charge in [-0.1, -0.05) is 6.92 Å². The van der Waals surface area contributed by atoms with E-state index >= 15 is 0 Å². The van der Waals surface area contributed by atoms with Crippen LogP contribution in [0.15, 0.2) is 0 Å². The molecule has 0 amide bonds. The number of alkyl halides is 1. The molecule has 0 spiro atoms. The molecule has 1 saturated heterocycles. The normalized spacial score (nSPS) is 21.1. The Labute approximate surface area is 115 Å². The van der Waals surface area contributed by atoms with E-state index in [2.05, 4.69) is 11.6 Å². The zero-order valence-electron chi connectivity index (χ0n) is 11.1. The summed E-state index contributed by atoms with van der Waals surface area (Å²) in [5.41, 5.74) is 0. The fourth-order valence-corrected chi connectivity index (χ4v) is 3.73. The molecule has 0 aromatic rings. The summed E-state index contributed by atoms with van der Waals surface area (Å²) in [5.74, 6) is 1.02. The minimum atomic E-state index is -3.41. The Morgan fingerprint density at radius 1 is 1.44 bits per heavy atom. The second kappa shape index (κ2) is 7.65. The third-order valence-electron chi connectivity index (χ3n) is 3.22. The topological polar surface area (TPSA) is 58.6 Å². The summed E-state index contributed by atoms with van der Waals surface area (Å²) in [6.07, 6.45) is 2.41. The van der Waals surface area contributed by atoms with Crippen LogP contribution in [0.4, 0.5) is 0 Å². The lowest BCUT2D eigenvalue weighted by Gasteiger charge is -2.30. The molecule has 1 aliphatic rings. The number of halogens is 1. The predicted molar refractivity (Wildman–Crippen MR) is 73.0 cm³/mol. The van der Waals surface area contributed by atoms with Gasteiger partial charge in [0.1, 0.15) is 0 Å². The van der Waals surface area contributed by atoms with E-state index in [1.54, 1.807) is 7.11 Å². The van der Waals surface area contributed by atoms with Crippen molar-refractivity contribution in [2.75, 3.05) is 32.7 Å². The molecule has 5 nitrogen and oxygen atoms in total. The van der Waals surface area contributed by atoms with Crippen LogP contribution in [0.25, 0.3) is 0 Å². The van der Waals surface area contributed by atoms with Gasteiger partial charge in [0.25, 0.3) is 10.2 Å². The summed E-state index contributed by atoms with van der Waals surface area (Å²) in [6, 6.07) is -0.253. The van der Waals surface area contributed by atoms with Crippen molar-refractivity contribution in [3.63, 3.8) is 0 Å². The first-order valence-corrected chi connectivity index (χ1v) is 8.29. The van der Waals surface area contributed by atoms with Crippen molar-refractivity contribution < 1.29 is 13.2 Å². The average Bonchev–Trinajstić information content (AvgIpc) is 2.29. The van der Waals surface area contributed by atoms with Crippen molar-refractivity contribution in [1.82, 2.24) is 9.03 Å². The molecule has 108 valence electrons. The predicted octanol–water partition coefficient (Wildman–Crippen LogP) is 1.20. The first kappa shape index (κ1) is 16.2. The van der Waals surface area contributed by atoms with Crippen molar-refractivity contribution in [3.8, 4) is 0 Å². The van der Waals surface area contributed by atoms with Crippen LogP contribution in [0.5, 0.6) is 0 Å². The smallest absolute Gasteiger partial charge is 0.279 e. The van der Waals surface area contributed by atoms with E-state index in [0.29, 0.717) is 37.9 Å². The summed E-state index contributed by atoms with van der Waals surface area (Å²) in [6.45, 7) is 3.68. The molecule has 1 heterocycles. The molecular weight excluding hydrogens is 276 g/mol. The summed E-state index contributed by atoms with van der Waals surface area (Å²) in [7, 11) is -1.85. The number of ether oxygens (including phenoxy) is 1. The lowest BCUT2D eigenvalue weighted by molar-refractivity contribution is 0.171. The first-order valence-electron chi connectivity index (χ1n) is 6.32. The van der Waals surface area contributed by atoms with Crippen LogP contribution in [-0.2, 0) is 14.9 Å². The van der Waals surface area contributed by atoms with Gasteiger partial charge in [-0.25, -0.2) is 0 Å². The van der Waals surface area contributed by atoms with Crippen LogP contribution < -0.4 is 4.72 Å². The molecule has 0 aliphatic carbocycles. The zero-order chi connectivity index (χ0) is 13.6. The molecule has 1 atom stereocenters. The molecule has 1 fully saturated rings. The molecule has 7 heteroatoms. The van der Waals surface area contributed by atoms with Crippen molar-refractivity contribution in [2.45, 2.75) is 32.2 Å². The summed E-state index contributed by atoms with van der Waals surface area (Å²) < 4.78 is 33.5. The van der Waals surface area contributed by atoms with Gasteiger partial charge < -0.3 is 4.74 Å². The SMILES string of the molecule is COCC(CCCl)NS(=O)(=O)N1CCC(C)CC1. The number of hydrogen-bond acceptors (Lipinski definition) is 3. The second-order valence-corrected chi connectivity index (χ2v) is 6.91. The Morgan fingerprint density at radius 3 is 2.56 bits per heavy atom. The minimum absolute atomic E-state index is 0.253. The standard InChI is InChI=1S/C11H23ClN2O3S/c1-10-4-7-14(8-5-10)18(15,16)13-11(3-6-12)9-17-2/h10-11,13H,3-9H2,1-2H3. The van der Waals surface area contributed by atoms with Crippen LogP contribution >= 0.6 is 11.6 Å². The van der Waals surface area contributed by atoms with E-state index in [-0.39, 0.29) is 6.04 Å². The average molecular weight is 299 g/mol. The Balaban J connectivity index is 2.56. The number of nitrogens with zero attached hydrogens (tertiary/aromatic N) is 1. The maximum absolute atomic E-state index is 12.2. The zero-order valence-corrected chi connectivity index (χ0v) is 12.6. The van der Waals surface area contributed by atoms with Gasteiger partial charge in [-0.2, -0.15) is 17.4 Å². The van der Waals surface area contributed by atoms with Gasteiger partial charge in [-0.05, 0) is 25.2 Å². The summed E-state index contributed by atoms with van der Waals surface area (Å²) in [4.78, 5) is 0. The lowest BCUT2D eigenvalue weighted by Crippen LogP contribution is -2.49. The third kappa shape index (κ3) is 5.01. The van der Waals surface area contributed by atoms with Gasteiger partial charge in [0, 0.05) is 32.1 Å². The molecule has 0 aromatic heterocycles. The number of hydrogen-bond donors (Lipinski definition) is 1. The minimum Gasteiger partial charge on any atom is -0.383 e. The Bertz CT molecular complexity index is 323. The number of piperidine rings is 1. The number of methoxy groups -OCH3 is 1. The van der Waals surface area contributed by atoms with Gasteiger partial charge >= 0.3 is 0 Å². The fourth-order valence-electron chi connectivity index (χ4n) is 2.02. The highest BCUT2D eigenvalue weighted by atomic mass is 35.5. The monoisotopic (exact) mass is 298 g/mol. The number of rotatable bonds is 7. The molecule has 0 bridgehead atoms. The highest BCUT2D eigenvalue weighted by molar-refractivity contribution is 7.87. The summed E-state index contributed by atoms with van der Waals surface area (Å²) in [5, 5.41) is 0. The molecule has 0 radical (unpaired) electrons. The second-order valence-electron chi connectivity index (χ2n) is 4.83. The quantitative estimate of drug-likeness (QED) is 0.719. The van der Waals surface area contributed by atoms with E-state index in [0.717, 1.165) is 12.8 Å². The van der Waals surface area contributed by atoms with Crippen LogP contribution in [-0.4, -0.2) is 51.5 Å². The molecular formula is C11H23ClN2O3S. The van der Waals surface area contributed by atoms with E-state index < -0.39 is 10.2 Å². The van der Waals surface area contributed by atoms with Crippen molar-refractivity contribution >= 4 is 21.8 Å². The van der Waals surface area contributed by atoms with Gasteiger partial charge in [0.05, 0.1) is 6.61 Å². The first-order chi connectivity index (χ1) is 8.49. The molecule has 18 heavy (non-hydrogen) atoms. The van der Waals surface area contributed by atoms with Crippen LogP contribution in [0.1, 0.15) is 26.2 Å². The molecule has 1 aliphatic heterocycles. The molecule has 0 saturated carbocycles. The van der Waals surface area contributed by atoms with Gasteiger partial charge in [-0.15, -0.1) is 11.6 Å². The van der Waals surface area contributed by atoms with E-state index in [1.807, 2.05) is 0 Å². The maximum Gasteiger partial charge on any atom is 0.279 e. The highest BCUT2D eigenvalue weighted by Crippen LogP contribution is 2.18. The molecule has 1 N–H and O–H groups in total. The van der Waals surface area contributed by atoms with Gasteiger partial charge in [0.2, 0.25) is 0 Å². The summed E-state index contributed by atoms with van der Waals surface area (Å²) >= 11 is 5.66. The Morgan fingerprint density at radius 2 is 2.06 bits per heavy atom.